The predicted molar refractivity (Wildman–Crippen MR) is 82.1 cm³/mol. The third-order valence-corrected chi connectivity index (χ3v) is 3.36. The Kier molecular flexibility index (Phi) is 5.48. The summed E-state index contributed by atoms with van der Waals surface area (Å²) in [5.41, 5.74) is 1.11. The lowest BCUT2D eigenvalue weighted by Crippen LogP contribution is -2.07. The Balaban J connectivity index is 2.09. The molecule has 106 valence electrons. The maximum absolute atomic E-state index is 9.40. The molecule has 2 nitrogen and oxygen atoms in total. The topological polar surface area (TPSA) is 29.5 Å². The van der Waals surface area contributed by atoms with E-state index in [2.05, 4.69) is 6.92 Å². The first-order valence-electron chi connectivity index (χ1n) is 7.30. The number of rotatable bonds is 7. The smallest absolute Gasteiger partial charge is 0.124 e. The van der Waals surface area contributed by atoms with Crippen molar-refractivity contribution >= 4 is 0 Å². The summed E-state index contributed by atoms with van der Waals surface area (Å²) in [6.07, 6.45) is 4.60. The Morgan fingerprint density at radius 2 is 1.65 bits per heavy atom. The van der Waals surface area contributed by atoms with Gasteiger partial charge in [0, 0.05) is 0 Å². The van der Waals surface area contributed by atoms with Crippen LogP contribution in [0.3, 0.4) is 0 Å². The summed E-state index contributed by atoms with van der Waals surface area (Å²) in [7, 11) is 0. The summed E-state index contributed by atoms with van der Waals surface area (Å²) in [4.78, 5) is 0. The Labute approximate surface area is 121 Å². The molecule has 0 spiro atoms. The fourth-order valence-corrected chi connectivity index (χ4v) is 2.23. The van der Waals surface area contributed by atoms with Crippen molar-refractivity contribution in [3.63, 3.8) is 0 Å². The van der Waals surface area contributed by atoms with Gasteiger partial charge >= 0.3 is 0 Å². The van der Waals surface area contributed by atoms with Crippen molar-refractivity contribution < 1.29 is 9.84 Å². The minimum absolute atomic E-state index is 0.0459. The molecule has 2 rings (SSSR count). The molecule has 1 unspecified atom stereocenters. The van der Waals surface area contributed by atoms with Crippen molar-refractivity contribution in [1.82, 2.24) is 0 Å². The average Bonchev–Trinajstić information content (AvgIpc) is 2.48. The quantitative estimate of drug-likeness (QED) is 0.710. The van der Waals surface area contributed by atoms with Gasteiger partial charge in [-0.2, -0.15) is 0 Å². The zero-order valence-electron chi connectivity index (χ0n) is 12.0. The number of benzene rings is 2. The first kappa shape index (κ1) is 14.4. The monoisotopic (exact) mass is 270 g/mol. The highest BCUT2D eigenvalue weighted by Gasteiger charge is 2.13. The summed E-state index contributed by atoms with van der Waals surface area (Å²) in [6, 6.07) is 17.2. The largest absolute Gasteiger partial charge is 0.508 e. The van der Waals surface area contributed by atoms with Crippen molar-refractivity contribution in [2.45, 2.75) is 38.7 Å². The van der Waals surface area contributed by atoms with Gasteiger partial charge in [0.05, 0.1) is 0 Å². The first-order valence-corrected chi connectivity index (χ1v) is 7.30. The van der Waals surface area contributed by atoms with Gasteiger partial charge in [-0.05, 0) is 42.7 Å². The summed E-state index contributed by atoms with van der Waals surface area (Å²) in [5, 5.41) is 9.40. The molecule has 2 heteroatoms. The van der Waals surface area contributed by atoms with Crippen molar-refractivity contribution in [3.8, 4) is 11.5 Å². The van der Waals surface area contributed by atoms with E-state index in [1.807, 2.05) is 42.5 Å². The predicted octanol–water partition coefficient (Wildman–Crippen LogP) is 5.09. The van der Waals surface area contributed by atoms with Crippen molar-refractivity contribution in [3.05, 3.63) is 60.2 Å². The number of hydrogen-bond donors (Lipinski definition) is 1. The zero-order valence-corrected chi connectivity index (χ0v) is 12.0. The molecule has 0 fully saturated rings. The van der Waals surface area contributed by atoms with E-state index in [1.165, 1.54) is 12.8 Å². The molecule has 0 heterocycles. The van der Waals surface area contributed by atoms with Crippen LogP contribution in [0.2, 0.25) is 0 Å². The maximum Gasteiger partial charge on any atom is 0.124 e. The third kappa shape index (κ3) is 4.30. The number of phenols is 1. The van der Waals surface area contributed by atoms with Gasteiger partial charge in [-0.25, -0.2) is 0 Å². The van der Waals surface area contributed by atoms with Crippen LogP contribution in [0, 0.1) is 0 Å². The zero-order chi connectivity index (χ0) is 14.2. The normalized spacial score (nSPS) is 12.1. The van der Waals surface area contributed by atoms with Crippen LogP contribution in [0.25, 0.3) is 0 Å². The second-order valence-corrected chi connectivity index (χ2v) is 5.01. The molecule has 2 aromatic carbocycles. The molecule has 1 atom stereocenters. The highest BCUT2D eigenvalue weighted by Crippen LogP contribution is 2.27. The van der Waals surface area contributed by atoms with E-state index in [1.54, 1.807) is 12.1 Å². The van der Waals surface area contributed by atoms with E-state index in [0.29, 0.717) is 5.75 Å². The minimum atomic E-state index is 0.0459. The van der Waals surface area contributed by atoms with Crippen molar-refractivity contribution in [2.75, 3.05) is 0 Å². The van der Waals surface area contributed by atoms with Gasteiger partial charge in [-0.3, -0.25) is 0 Å². The van der Waals surface area contributed by atoms with Crippen LogP contribution in [-0.2, 0) is 0 Å². The fraction of sp³-hybridized carbons (Fsp3) is 0.333. The van der Waals surface area contributed by atoms with Gasteiger partial charge in [0.25, 0.3) is 0 Å². The van der Waals surface area contributed by atoms with Crippen LogP contribution in [0.1, 0.15) is 44.3 Å². The Morgan fingerprint density at radius 1 is 0.950 bits per heavy atom. The highest BCUT2D eigenvalue weighted by atomic mass is 16.5. The van der Waals surface area contributed by atoms with E-state index in [4.69, 9.17) is 4.74 Å². The lowest BCUT2D eigenvalue weighted by Gasteiger charge is -2.19. The van der Waals surface area contributed by atoms with Crippen LogP contribution >= 0.6 is 0 Å². The molecule has 0 aromatic heterocycles. The second-order valence-electron chi connectivity index (χ2n) is 5.01. The van der Waals surface area contributed by atoms with Crippen LogP contribution < -0.4 is 4.74 Å². The van der Waals surface area contributed by atoms with E-state index in [-0.39, 0.29) is 6.10 Å². The van der Waals surface area contributed by atoms with E-state index in [0.717, 1.165) is 24.2 Å². The number of para-hydroxylation sites is 1. The van der Waals surface area contributed by atoms with Crippen LogP contribution in [0.15, 0.2) is 54.6 Å². The molecule has 0 amide bonds. The molecular weight excluding hydrogens is 248 g/mol. The van der Waals surface area contributed by atoms with Gasteiger partial charge in [-0.1, -0.05) is 50.1 Å². The van der Waals surface area contributed by atoms with Gasteiger partial charge in [0.1, 0.15) is 17.6 Å². The first-order chi connectivity index (χ1) is 9.79. The van der Waals surface area contributed by atoms with Crippen LogP contribution in [0.5, 0.6) is 11.5 Å². The molecule has 1 N–H and O–H groups in total. The molecule has 0 bridgehead atoms. The Hall–Kier alpha value is -1.96. The molecule has 0 aliphatic heterocycles. The minimum Gasteiger partial charge on any atom is -0.508 e. The number of aromatic hydroxyl groups is 1. The molecule has 20 heavy (non-hydrogen) atoms. The SMILES string of the molecule is CCCCCC(Oc1ccccc1)c1ccc(O)cc1. The fourth-order valence-electron chi connectivity index (χ4n) is 2.23. The molecule has 0 saturated heterocycles. The summed E-state index contributed by atoms with van der Waals surface area (Å²) < 4.78 is 6.11. The number of phenolic OH excluding ortho intramolecular Hbond substituents is 1. The summed E-state index contributed by atoms with van der Waals surface area (Å²) in [5.74, 6) is 1.18. The van der Waals surface area contributed by atoms with Gasteiger partial charge in [-0.15, -0.1) is 0 Å². The standard InChI is InChI=1S/C18H22O2/c1-2-3-5-10-18(15-11-13-16(19)14-12-15)20-17-8-6-4-7-9-17/h4,6-9,11-14,18-19H,2-3,5,10H2,1H3. The molecular formula is C18H22O2. The second kappa shape index (κ2) is 7.59. The van der Waals surface area contributed by atoms with Crippen molar-refractivity contribution in [1.29, 1.82) is 0 Å². The number of ether oxygens (including phenoxy) is 1. The van der Waals surface area contributed by atoms with E-state index < -0.39 is 0 Å². The number of hydrogen-bond acceptors (Lipinski definition) is 2. The highest BCUT2D eigenvalue weighted by molar-refractivity contribution is 5.29. The summed E-state index contributed by atoms with van der Waals surface area (Å²) >= 11 is 0. The molecule has 0 aliphatic carbocycles. The maximum atomic E-state index is 9.40. The molecule has 0 saturated carbocycles. The Morgan fingerprint density at radius 3 is 2.30 bits per heavy atom. The summed E-state index contributed by atoms with van der Waals surface area (Å²) in [6.45, 7) is 2.20. The van der Waals surface area contributed by atoms with Gasteiger partial charge < -0.3 is 9.84 Å². The van der Waals surface area contributed by atoms with Gasteiger partial charge in [0.15, 0.2) is 0 Å². The van der Waals surface area contributed by atoms with Crippen molar-refractivity contribution in [2.24, 2.45) is 0 Å². The average molecular weight is 270 g/mol. The van der Waals surface area contributed by atoms with E-state index in [9.17, 15) is 5.11 Å². The lowest BCUT2D eigenvalue weighted by atomic mass is 10.0. The third-order valence-electron chi connectivity index (χ3n) is 3.36. The van der Waals surface area contributed by atoms with Crippen LogP contribution in [-0.4, -0.2) is 5.11 Å². The lowest BCUT2D eigenvalue weighted by molar-refractivity contribution is 0.190. The molecule has 0 aliphatic rings. The molecule has 0 radical (unpaired) electrons. The molecule has 2 aromatic rings. The Bertz CT molecular complexity index is 491. The van der Waals surface area contributed by atoms with E-state index >= 15 is 0 Å². The van der Waals surface area contributed by atoms with Crippen LogP contribution in [0.4, 0.5) is 0 Å². The number of unbranched alkanes of at least 4 members (excludes halogenated alkanes) is 2. The van der Waals surface area contributed by atoms with Gasteiger partial charge in [0.2, 0.25) is 0 Å².